The molecule has 0 saturated heterocycles. The molecule has 0 aliphatic heterocycles. The Morgan fingerprint density at radius 3 is 2.50 bits per heavy atom. The van der Waals surface area contributed by atoms with Crippen LogP contribution in [0.5, 0.6) is 0 Å². The van der Waals surface area contributed by atoms with Crippen molar-refractivity contribution in [3.63, 3.8) is 0 Å². The van der Waals surface area contributed by atoms with Gasteiger partial charge in [-0.25, -0.2) is 13.6 Å². The van der Waals surface area contributed by atoms with Gasteiger partial charge in [-0.1, -0.05) is 0 Å². The Balaban J connectivity index is 2.38. The zero-order valence-corrected chi connectivity index (χ0v) is 13.8. The van der Waals surface area contributed by atoms with Gasteiger partial charge in [-0.15, -0.1) is 11.8 Å². The zero-order valence-electron chi connectivity index (χ0n) is 12.1. The largest absolute Gasteiger partial charge is 0.354 e. The minimum absolute atomic E-state index is 0.0801. The smallest absolute Gasteiger partial charge is 0.238 e. The van der Waals surface area contributed by atoms with Crippen LogP contribution in [0.2, 0.25) is 0 Å². The highest BCUT2D eigenvalue weighted by Gasteiger charge is 2.12. The minimum Gasteiger partial charge on any atom is -0.354 e. The summed E-state index contributed by atoms with van der Waals surface area (Å²) in [5.41, 5.74) is 2.71. The van der Waals surface area contributed by atoms with Crippen molar-refractivity contribution < 1.29 is 8.42 Å². The van der Waals surface area contributed by atoms with Crippen molar-refractivity contribution in [1.29, 1.82) is 5.26 Å². The van der Waals surface area contributed by atoms with Gasteiger partial charge in [0.25, 0.3) is 0 Å². The lowest BCUT2D eigenvalue weighted by Crippen LogP contribution is -2.12. The standard InChI is InChI=1S/C15H15N3O2S2/c1-10-7-12(3-6-15(10)21-2)18-14-5-4-13(22(17,19)20)8-11(14)9-16/h3-8,18H,1-2H3,(H2,17,19,20). The van der Waals surface area contributed by atoms with E-state index in [-0.39, 0.29) is 10.5 Å². The second-order valence-electron chi connectivity index (χ2n) is 4.67. The Morgan fingerprint density at radius 1 is 1.23 bits per heavy atom. The average Bonchev–Trinajstić information content (AvgIpc) is 2.46. The predicted molar refractivity (Wildman–Crippen MR) is 88.8 cm³/mol. The van der Waals surface area contributed by atoms with E-state index < -0.39 is 10.0 Å². The van der Waals surface area contributed by atoms with Gasteiger partial charge in [-0.05, 0) is 55.1 Å². The molecule has 0 unspecified atom stereocenters. The summed E-state index contributed by atoms with van der Waals surface area (Å²) in [5, 5.41) is 17.4. The van der Waals surface area contributed by atoms with E-state index in [1.807, 2.05) is 37.4 Å². The van der Waals surface area contributed by atoms with E-state index in [2.05, 4.69) is 5.32 Å². The quantitative estimate of drug-likeness (QED) is 0.839. The first-order valence-electron chi connectivity index (χ1n) is 6.34. The molecular weight excluding hydrogens is 318 g/mol. The lowest BCUT2D eigenvalue weighted by Gasteiger charge is -2.11. The molecule has 2 rings (SSSR count). The molecule has 3 N–H and O–H groups in total. The molecule has 7 heteroatoms. The summed E-state index contributed by atoms with van der Waals surface area (Å²) in [4.78, 5) is 1.10. The van der Waals surface area contributed by atoms with E-state index in [4.69, 9.17) is 5.14 Å². The van der Waals surface area contributed by atoms with Gasteiger partial charge in [0.1, 0.15) is 6.07 Å². The molecule has 0 spiro atoms. The van der Waals surface area contributed by atoms with E-state index in [1.165, 1.54) is 23.1 Å². The first kappa shape index (κ1) is 16.4. The molecule has 114 valence electrons. The molecule has 0 aliphatic carbocycles. The molecule has 0 aromatic heterocycles. The number of thioether (sulfide) groups is 1. The number of nitrogens with two attached hydrogens (primary N) is 1. The average molecular weight is 333 g/mol. The first-order valence-corrected chi connectivity index (χ1v) is 9.11. The van der Waals surface area contributed by atoms with Crippen molar-refractivity contribution in [1.82, 2.24) is 0 Å². The highest BCUT2D eigenvalue weighted by molar-refractivity contribution is 7.98. The summed E-state index contributed by atoms with van der Waals surface area (Å²) in [6.45, 7) is 2.01. The monoisotopic (exact) mass is 333 g/mol. The number of nitrogens with one attached hydrogen (secondary N) is 1. The molecule has 2 aromatic carbocycles. The van der Waals surface area contributed by atoms with Crippen LogP contribution >= 0.6 is 11.8 Å². The van der Waals surface area contributed by atoms with Gasteiger partial charge in [0, 0.05) is 10.6 Å². The molecule has 0 amide bonds. The van der Waals surface area contributed by atoms with Crippen LogP contribution < -0.4 is 10.5 Å². The molecule has 0 aliphatic rings. The van der Waals surface area contributed by atoms with Crippen molar-refractivity contribution in [2.24, 2.45) is 5.14 Å². The molecule has 2 aromatic rings. The Bertz CT molecular complexity index is 856. The lowest BCUT2D eigenvalue weighted by atomic mass is 10.1. The van der Waals surface area contributed by atoms with Crippen LogP contribution in [-0.4, -0.2) is 14.7 Å². The van der Waals surface area contributed by atoms with Crippen molar-refractivity contribution in [3.05, 3.63) is 47.5 Å². The number of nitriles is 1. The topological polar surface area (TPSA) is 96.0 Å². The zero-order chi connectivity index (χ0) is 16.3. The number of anilines is 2. The number of benzene rings is 2. The molecule has 0 saturated carbocycles. The van der Waals surface area contributed by atoms with Crippen molar-refractivity contribution in [2.75, 3.05) is 11.6 Å². The number of rotatable bonds is 4. The van der Waals surface area contributed by atoms with Crippen LogP contribution in [-0.2, 0) is 10.0 Å². The van der Waals surface area contributed by atoms with E-state index >= 15 is 0 Å². The maximum absolute atomic E-state index is 11.3. The summed E-state index contributed by atoms with van der Waals surface area (Å²) in [5.74, 6) is 0. The van der Waals surface area contributed by atoms with Gasteiger partial charge >= 0.3 is 0 Å². The van der Waals surface area contributed by atoms with E-state index in [9.17, 15) is 13.7 Å². The van der Waals surface area contributed by atoms with Gasteiger partial charge in [-0.3, -0.25) is 0 Å². The number of aryl methyl sites for hydroxylation is 1. The maximum atomic E-state index is 11.3. The van der Waals surface area contributed by atoms with E-state index in [1.54, 1.807) is 11.8 Å². The summed E-state index contributed by atoms with van der Waals surface area (Å²) >= 11 is 1.66. The van der Waals surface area contributed by atoms with Crippen LogP contribution in [0.1, 0.15) is 11.1 Å². The van der Waals surface area contributed by atoms with Gasteiger partial charge in [-0.2, -0.15) is 5.26 Å². The minimum atomic E-state index is -3.82. The van der Waals surface area contributed by atoms with Gasteiger partial charge in [0.2, 0.25) is 10.0 Å². The molecule has 0 bridgehead atoms. The number of nitrogens with zero attached hydrogens (tertiary/aromatic N) is 1. The summed E-state index contributed by atoms with van der Waals surface area (Å²) in [6.07, 6.45) is 2.01. The van der Waals surface area contributed by atoms with Crippen molar-refractivity contribution in [3.8, 4) is 6.07 Å². The maximum Gasteiger partial charge on any atom is 0.238 e. The predicted octanol–water partition coefficient (Wildman–Crippen LogP) is 2.98. The fraction of sp³-hybridized carbons (Fsp3) is 0.133. The van der Waals surface area contributed by atoms with Crippen molar-refractivity contribution in [2.45, 2.75) is 16.7 Å². The van der Waals surface area contributed by atoms with Crippen LogP contribution in [0.4, 0.5) is 11.4 Å². The third-order valence-corrected chi connectivity index (χ3v) is 4.92. The van der Waals surface area contributed by atoms with Crippen LogP contribution in [0.15, 0.2) is 46.2 Å². The Kier molecular flexibility index (Phi) is 4.76. The molecule has 22 heavy (non-hydrogen) atoms. The third kappa shape index (κ3) is 3.60. The van der Waals surface area contributed by atoms with Gasteiger partial charge < -0.3 is 5.32 Å². The Hall–Kier alpha value is -2.01. The normalized spacial score (nSPS) is 11.0. The Morgan fingerprint density at radius 2 is 1.95 bits per heavy atom. The summed E-state index contributed by atoms with van der Waals surface area (Å²) < 4.78 is 22.7. The first-order chi connectivity index (χ1) is 10.3. The molecule has 0 atom stereocenters. The van der Waals surface area contributed by atoms with Crippen LogP contribution in [0, 0.1) is 18.3 Å². The second kappa shape index (κ2) is 6.40. The SMILES string of the molecule is CSc1ccc(Nc2ccc(S(N)(=O)=O)cc2C#N)cc1C. The van der Waals surface area contributed by atoms with Gasteiger partial charge in [0.15, 0.2) is 0 Å². The second-order valence-corrected chi connectivity index (χ2v) is 7.08. The molecular formula is C15H15N3O2S2. The van der Waals surface area contributed by atoms with Crippen LogP contribution in [0.3, 0.4) is 0 Å². The number of hydrogen-bond acceptors (Lipinski definition) is 5. The van der Waals surface area contributed by atoms with Crippen molar-refractivity contribution >= 4 is 33.2 Å². The fourth-order valence-electron chi connectivity index (χ4n) is 2.01. The number of sulfonamides is 1. The number of hydrogen-bond donors (Lipinski definition) is 2. The summed E-state index contributed by atoms with van der Waals surface area (Å²) in [6, 6.07) is 12.0. The third-order valence-electron chi connectivity index (χ3n) is 3.11. The molecule has 0 heterocycles. The van der Waals surface area contributed by atoms with E-state index in [0.717, 1.165) is 11.3 Å². The Labute approximate surface area is 134 Å². The highest BCUT2D eigenvalue weighted by atomic mass is 32.2. The van der Waals surface area contributed by atoms with Gasteiger partial charge in [0.05, 0.1) is 16.1 Å². The summed E-state index contributed by atoms with van der Waals surface area (Å²) in [7, 11) is -3.82. The highest BCUT2D eigenvalue weighted by Crippen LogP contribution is 2.27. The fourth-order valence-corrected chi connectivity index (χ4v) is 3.14. The number of primary sulfonamides is 1. The van der Waals surface area contributed by atoms with E-state index in [0.29, 0.717) is 5.69 Å². The van der Waals surface area contributed by atoms with Crippen LogP contribution in [0.25, 0.3) is 0 Å². The molecule has 0 fully saturated rings. The lowest BCUT2D eigenvalue weighted by molar-refractivity contribution is 0.598. The molecule has 0 radical (unpaired) electrons. The molecule has 5 nitrogen and oxygen atoms in total.